The first kappa shape index (κ1) is 21.5. The van der Waals surface area contributed by atoms with Crippen molar-refractivity contribution in [2.24, 2.45) is 0 Å². The summed E-state index contributed by atoms with van der Waals surface area (Å²) < 4.78 is 20.1. The van der Waals surface area contributed by atoms with Crippen molar-refractivity contribution in [1.29, 1.82) is 0 Å². The van der Waals surface area contributed by atoms with Crippen molar-refractivity contribution < 1.29 is 18.7 Å². The molecule has 0 radical (unpaired) electrons. The Labute approximate surface area is 175 Å². The van der Waals surface area contributed by atoms with Gasteiger partial charge in [-0.25, -0.2) is 19.2 Å². The van der Waals surface area contributed by atoms with E-state index >= 15 is 0 Å². The van der Waals surface area contributed by atoms with Crippen LogP contribution in [0.2, 0.25) is 0 Å². The molecule has 0 saturated carbocycles. The first-order valence-electron chi connectivity index (χ1n) is 10.1. The quantitative estimate of drug-likeness (QED) is 0.826. The Morgan fingerprint density at radius 3 is 2.90 bits per heavy atom. The highest BCUT2D eigenvalue weighted by Gasteiger charge is 2.33. The van der Waals surface area contributed by atoms with Gasteiger partial charge in [-0.2, -0.15) is 0 Å². The number of amides is 2. The lowest BCUT2D eigenvalue weighted by Gasteiger charge is -2.30. The van der Waals surface area contributed by atoms with Crippen LogP contribution in [0, 0.1) is 5.82 Å². The predicted octanol–water partition coefficient (Wildman–Crippen LogP) is 2.67. The van der Waals surface area contributed by atoms with Crippen LogP contribution in [0.1, 0.15) is 32.0 Å². The van der Waals surface area contributed by atoms with Gasteiger partial charge < -0.3 is 15.0 Å². The van der Waals surface area contributed by atoms with E-state index in [9.17, 15) is 14.0 Å². The standard InChI is InChI=1S/C19H20FN5O3.C2H6/c1-12(26)22-8-15-10-25(19(27)28-15)14-2-3-18(16(20)6-14)24-5-4-17-13(9-24)7-21-11-23-17;1-2/h2-3,6-7,11,15H,4-5,8-10H2,1H3,(H,22,26);1-2H3. The Morgan fingerprint density at radius 2 is 2.17 bits per heavy atom. The second-order valence-corrected chi connectivity index (χ2v) is 6.86. The van der Waals surface area contributed by atoms with Crippen LogP contribution < -0.4 is 15.1 Å². The molecule has 3 heterocycles. The topological polar surface area (TPSA) is 87.7 Å². The number of hydrogen-bond acceptors (Lipinski definition) is 6. The number of carbonyl (C=O) groups excluding carboxylic acids is 2. The summed E-state index contributed by atoms with van der Waals surface area (Å²) in [6.45, 7) is 7.08. The molecule has 1 aromatic carbocycles. The Morgan fingerprint density at radius 1 is 1.37 bits per heavy atom. The van der Waals surface area contributed by atoms with Gasteiger partial charge in [-0.15, -0.1) is 0 Å². The molecule has 2 aliphatic heterocycles. The van der Waals surface area contributed by atoms with Gasteiger partial charge in [-0.05, 0) is 18.2 Å². The monoisotopic (exact) mass is 415 g/mol. The Hall–Kier alpha value is -3.23. The Bertz CT molecular complexity index is 923. The number of hydrogen-bond donors (Lipinski definition) is 1. The van der Waals surface area contributed by atoms with Crippen LogP contribution in [0.25, 0.3) is 0 Å². The number of rotatable bonds is 4. The molecule has 2 amide bonds. The van der Waals surface area contributed by atoms with Crippen LogP contribution in [0.3, 0.4) is 0 Å². The third kappa shape index (κ3) is 4.67. The second kappa shape index (κ2) is 9.51. The molecule has 160 valence electrons. The largest absolute Gasteiger partial charge is 0.442 e. The molecule has 0 aliphatic carbocycles. The fraction of sp³-hybridized carbons (Fsp3) is 0.429. The molecule has 1 atom stereocenters. The molecule has 1 saturated heterocycles. The minimum absolute atomic E-state index is 0.196. The number of nitrogens with one attached hydrogen (secondary N) is 1. The highest BCUT2D eigenvalue weighted by Crippen LogP contribution is 2.30. The molecule has 1 fully saturated rings. The van der Waals surface area contributed by atoms with Crippen molar-refractivity contribution >= 4 is 23.4 Å². The SMILES string of the molecule is CC.CC(=O)NCC1CN(c2ccc(N3CCc4ncncc4C3)c(F)c2)C(=O)O1. The minimum atomic E-state index is -0.549. The van der Waals surface area contributed by atoms with E-state index in [0.717, 1.165) is 17.7 Å². The van der Waals surface area contributed by atoms with E-state index in [1.807, 2.05) is 18.7 Å². The van der Waals surface area contributed by atoms with E-state index in [1.54, 1.807) is 18.3 Å². The number of fused-ring (bicyclic) bond motifs is 1. The number of ether oxygens (including phenoxy) is 1. The first-order valence-corrected chi connectivity index (χ1v) is 10.1. The van der Waals surface area contributed by atoms with Crippen LogP contribution >= 0.6 is 0 Å². The van der Waals surface area contributed by atoms with E-state index in [0.29, 0.717) is 24.5 Å². The highest BCUT2D eigenvalue weighted by molar-refractivity contribution is 5.90. The van der Waals surface area contributed by atoms with Crippen molar-refractivity contribution in [3.8, 4) is 0 Å². The van der Waals surface area contributed by atoms with Gasteiger partial charge in [0.1, 0.15) is 18.2 Å². The molecule has 30 heavy (non-hydrogen) atoms. The summed E-state index contributed by atoms with van der Waals surface area (Å²) in [4.78, 5) is 34.7. The maximum absolute atomic E-state index is 14.8. The molecule has 1 aromatic heterocycles. The fourth-order valence-electron chi connectivity index (χ4n) is 3.49. The molecule has 1 N–H and O–H groups in total. The molecule has 9 heteroatoms. The zero-order valence-electron chi connectivity index (χ0n) is 17.4. The first-order chi connectivity index (χ1) is 14.5. The van der Waals surface area contributed by atoms with E-state index in [2.05, 4.69) is 15.3 Å². The van der Waals surface area contributed by atoms with Crippen LogP contribution in [-0.2, 0) is 22.5 Å². The molecule has 2 aliphatic rings. The maximum atomic E-state index is 14.8. The number of nitrogens with zero attached hydrogens (tertiary/aromatic N) is 4. The predicted molar refractivity (Wildman–Crippen MR) is 111 cm³/mol. The van der Waals surface area contributed by atoms with Gasteiger partial charge in [0, 0.05) is 38.2 Å². The zero-order chi connectivity index (χ0) is 21.7. The molecular formula is C21H26FN5O3. The second-order valence-electron chi connectivity index (χ2n) is 6.86. The summed E-state index contributed by atoms with van der Waals surface area (Å²) in [7, 11) is 0. The molecular weight excluding hydrogens is 389 g/mol. The van der Waals surface area contributed by atoms with E-state index < -0.39 is 18.0 Å². The maximum Gasteiger partial charge on any atom is 0.414 e. The van der Waals surface area contributed by atoms with Gasteiger partial charge in [0.2, 0.25) is 5.91 Å². The lowest BCUT2D eigenvalue weighted by Crippen LogP contribution is -2.33. The highest BCUT2D eigenvalue weighted by atomic mass is 19.1. The average molecular weight is 415 g/mol. The van der Waals surface area contributed by atoms with E-state index in [-0.39, 0.29) is 19.0 Å². The molecule has 2 aromatic rings. The number of aromatic nitrogens is 2. The van der Waals surface area contributed by atoms with Crippen LogP contribution in [0.15, 0.2) is 30.7 Å². The number of anilines is 2. The van der Waals surface area contributed by atoms with Crippen LogP contribution in [0.4, 0.5) is 20.6 Å². The summed E-state index contributed by atoms with van der Waals surface area (Å²) in [5, 5.41) is 2.62. The zero-order valence-corrected chi connectivity index (χ0v) is 17.4. The van der Waals surface area contributed by atoms with Crippen LogP contribution in [-0.4, -0.2) is 47.7 Å². The summed E-state index contributed by atoms with van der Waals surface area (Å²) in [6, 6.07) is 4.72. The third-order valence-corrected chi connectivity index (χ3v) is 4.90. The lowest BCUT2D eigenvalue weighted by atomic mass is 10.1. The molecule has 1 unspecified atom stereocenters. The van der Waals surface area contributed by atoms with Gasteiger partial charge in [0.05, 0.1) is 30.2 Å². The Kier molecular flexibility index (Phi) is 6.81. The van der Waals surface area contributed by atoms with Crippen molar-refractivity contribution in [3.63, 3.8) is 0 Å². The molecule has 4 rings (SSSR count). The number of benzene rings is 1. The van der Waals surface area contributed by atoms with Crippen molar-refractivity contribution in [2.45, 2.75) is 39.8 Å². The lowest BCUT2D eigenvalue weighted by molar-refractivity contribution is -0.119. The summed E-state index contributed by atoms with van der Waals surface area (Å²) >= 11 is 0. The average Bonchev–Trinajstić information content (AvgIpc) is 3.14. The number of cyclic esters (lactones) is 1. The van der Waals surface area contributed by atoms with Gasteiger partial charge in [0.15, 0.2) is 0 Å². The molecule has 0 bridgehead atoms. The van der Waals surface area contributed by atoms with E-state index in [4.69, 9.17) is 4.74 Å². The van der Waals surface area contributed by atoms with E-state index in [1.165, 1.54) is 24.2 Å². The van der Waals surface area contributed by atoms with Gasteiger partial charge >= 0.3 is 6.09 Å². The smallest absolute Gasteiger partial charge is 0.414 e. The normalized spacial score (nSPS) is 17.6. The van der Waals surface area contributed by atoms with Crippen molar-refractivity contribution in [3.05, 3.63) is 47.8 Å². The summed E-state index contributed by atoms with van der Waals surface area (Å²) in [5.41, 5.74) is 2.88. The molecule has 8 nitrogen and oxygen atoms in total. The van der Waals surface area contributed by atoms with Gasteiger partial charge in [0.25, 0.3) is 0 Å². The van der Waals surface area contributed by atoms with Crippen LogP contribution in [0.5, 0.6) is 0 Å². The number of halogens is 1. The fourth-order valence-corrected chi connectivity index (χ4v) is 3.49. The third-order valence-electron chi connectivity index (χ3n) is 4.90. The Balaban J connectivity index is 0.00000124. The van der Waals surface area contributed by atoms with Crippen molar-refractivity contribution in [1.82, 2.24) is 15.3 Å². The van der Waals surface area contributed by atoms with Crippen molar-refractivity contribution in [2.75, 3.05) is 29.4 Å². The number of carbonyl (C=O) groups is 2. The summed E-state index contributed by atoms with van der Waals surface area (Å²) in [6.07, 6.45) is 3.00. The minimum Gasteiger partial charge on any atom is -0.442 e. The van der Waals surface area contributed by atoms with Gasteiger partial charge in [-0.1, -0.05) is 13.8 Å². The summed E-state index contributed by atoms with van der Waals surface area (Å²) in [5.74, 6) is -0.602. The van der Waals surface area contributed by atoms with Gasteiger partial charge in [-0.3, -0.25) is 9.69 Å². The molecule has 0 spiro atoms.